The van der Waals surface area contributed by atoms with Gasteiger partial charge in [-0.15, -0.1) is 0 Å². The highest BCUT2D eigenvalue weighted by molar-refractivity contribution is 6.60. The first kappa shape index (κ1) is 37.8. The van der Waals surface area contributed by atoms with Gasteiger partial charge in [-0.05, 0) is 55.8 Å². The first-order valence-electron chi connectivity index (χ1n) is 17.2. The minimum absolute atomic E-state index is 0.00855. The predicted molar refractivity (Wildman–Crippen MR) is 180 cm³/mol. The third-order valence-corrected chi connectivity index (χ3v) is 9.26. The van der Waals surface area contributed by atoms with E-state index in [0.29, 0.717) is 25.8 Å². The molecule has 1 aliphatic heterocycles. The van der Waals surface area contributed by atoms with Crippen molar-refractivity contribution >= 4 is 47.2 Å². The molecule has 2 saturated carbocycles. The fraction of sp³-hybridized carbons (Fsp3) is 0.765. The van der Waals surface area contributed by atoms with Crippen LogP contribution in [0.1, 0.15) is 98.8 Å². The zero-order valence-electron chi connectivity index (χ0n) is 29.2. The molecule has 0 aromatic carbocycles. The highest BCUT2D eigenvalue weighted by Gasteiger charge is 2.46. The molecule has 13 nitrogen and oxygen atoms in total. The highest BCUT2D eigenvalue weighted by Crippen LogP contribution is 2.30. The lowest BCUT2D eigenvalue weighted by Gasteiger charge is -2.37. The fourth-order valence-electron chi connectivity index (χ4n) is 6.47. The third-order valence-electron chi connectivity index (χ3n) is 9.26. The number of rotatable bonds is 14. The number of hydrogen-bond acceptors (Lipinski definition) is 8. The summed E-state index contributed by atoms with van der Waals surface area (Å²) in [6.07, 6.45) is 8.69. The van der Waals surface area contributed by atoms with E-state index < -0.39 is 64.9 Å². The number of ketones is 1. The van der Waals surface area contributed by atoms with Gasteiger partial charge in [0, 0.05) is 26.7 Å². The van der Waals surface area contributed by atoms with Crippen LogP contribution in [0.25, 0.3) is 0 Å². The molecule has 1 saturated heterocycles. The van der Waals surface area contributed by atoms with E-state index in [2.05, 4.69) is 31.3 Å². The van der Waals surface area contributed by atoms with E-state index in [0.717, 1.165) is 44.9 Å². The van der Waals surface area contributed by atoms with Crippen LogP contribution in [0.5, 0.6) is 0 Å². The Bertz CT molecular complexity index is 1230. The summed E-state index contributed by atoms with van der Waals surface area (Å²) >= 11 is 0. The second kappa shape index (κ2) is 17.0. The maximum absolute atomic E-state index is 14.3. The molecule has 13 heteroatoms. The van der Waals surface area contributed by atoms with Crippen LogP contribution >= 0.6 is 0 Å². The molecule has 0 aromatic rings. The van der Waals surface area contributed by atoms with E-state index in [1.54, 1.807) is 0 Å². The maximum Gasteiger partial charge on any atom is 0.289 e. The van der Waals surface area contributed by atoms with Crippen LogP contribution in [0.4, 0.5) is 0 Å². The summed E-state index contributed by atoms with van der Waals surface area (Å²) in [6.45, 7) is 9.62. The van der Waals surface area contributed by atoms with Crippen molar-refractivity contribution in [2.24, 2.45) is 27.2 Å². The first-order chi connectivity index (χ1) is 22.2. The van der Waals surface area contributed by atoms with Crippen LogP contribution in [0.3, 0.4) is 0 Å². The van der Waals surface area contributed by atoms with Crippen molar-refractivity contribution in [3.05, 3.63) is 0 Å². The third kappa shape index (κ3) is 10.4. The van der Waals surface area contributed by atoms with Crippen molar-refractivity contribution in [2.75, 3.05) is 20.6 Å². The van der Waals surface area contributed by atoms with Gasteiger partial charge in [0.25, 0.3) is 11.8 Å². The van der Waals surface area contributed by atoms with E-state index in [1.165, 1.54) is 25.2 Å². The smallest absolute Gasteiger partial charge is 0.289 e. The first-order valence-corrected chi connectivity index (χ1v) is 17.2. The molecule has 2 aliphatic carbocycles. The van der Waals surface area contributed by atoms with Crippen LogP contribution in [-0.2, 0) is 28.8 Å². The van der Waals surface area contributed by atoms with E-state index >= 15 is 0 Å². The van der Waals surface area contributed by atoms with E-state index in [1.807, 2.05) is 34.6 Å². The van der Waals surface area contributed by atoms with Crippen LogP contribution < -0.4 is 21.3 Å². The van der Waals surface area contributed by atoms with E-state index in [9.17, 15) is 28.8 Å². The average Bonchev–Trinajstić information content (AvgIpc) is 3.76. The van der Waals surface area contributed by atoms with E-state index in [-0.39, 0.29) is 23.6 Å². The number of likely N-dealkylation sites (tertiary alicyclic amines) is 1. The quantitative estimate of drug-likeness (QED) is 0.163. The zero-order chi connectivity index (χ0) is 34.9. The Labute approximate surface area is 278 Å². The second-order valence-electron chi connectivity index (χ2n) is 14.5. The topological polar surface area (TPSA) is 178 Å². The maximum atomic E-state index is 14.3. The molecule has 5 amide bonds. The largest absolute Gasteiger partial charge is 0.347 e. The Morgan fingerprint density at radius 1 is 0.915 bits per heavy atom. The molecule has 0 radical (unpaired) electrons. The SMILES string of the molecule is CCC[C@H](NC(=O)[C@@H]1C[C@@H](C)CN1C(=O)[C@@H](NC(=O)[C@@H](NC(=O)C(C=NC)=NC)C1CCCCC1)C(C)(C)C)C(=O)C(=O)NC1CC1. The number of aliphatic imine (C=N–C) groups is 2. The van der Waals surface area contributed by atoms with Gasteiger partial charge in [0.05, 0.1) is 12.3 Å². The van der Waals surface area contributed by atoms with Crippen molar-refractivity contribution in [2.45, 2.75) is 129 Å². The number of carbonyl (C=O) groups excluding carboxylic acids is 6. The molecule has 5 atom stereocenters. The minimum atomic E-state index is -1.01. The van der Waals surface area contributed by atoms with Gasteiger partial charge in [-0.3, -0.25) is 38.8 Å². The number of nitrogens with one attached hydrogen (secondary N) is 4. The summed E-state index contributed by atoms with van der Waals surface area (Å²) in [5.74, 6) is -3.41. The number of carbonyl (C=O) groups is 6. The van der Waals surface area contributed by atoms with Crippen molar-refractivity contribution in [3.63, 3.8) is 0 Å². The molecule has 1 heterocycles. The van der Waals surface area contributed by atoms with Gasteiger partial charge in [-0.2, -0.15) is 0 Å². The molecule has 262 valence electrons. The van der Waals surface area contributed by atoms with Gasteiger partial charge in [0.2, 0.25) is 23.5 Å². The van der Waals surface area contributed by atoms with Crippen molar-refractivity contribution in [1.82, 2.24) is 26.2 Å². The number of nitrogens with zero attached hydrogens (tertiary/aromatic N) is 3. The molecule has 47 heavy (non-hydrogen) atoms. The summed E-state index contributed by atoms with van der Waals surface area (Å²) in [4.78, 5) is 89.9. The molecule has 4 N–H and O–H groups in total. The zero-order valence-corrected chi connectivity index (χ0v) is 29.2. The molecule has 3 fully saturated rings. The summed E-state index contributed by atoms with van der Waals surface area (Å²) < 4.78 is 0. The lowest BCUT2D eigenvalue weighted by molar-refractivity contribution is -0.145. The molecular weight excluding hydrogens is 602 g/mol. The van der Waals surface area contributed by atoms with Crippen molar-refractivity contribution in [1.29, 1.82) is 0 Å². The Balaban J connectivity index is 1.82. The van der Waals surface area contributed by atoms with Gasteiger partial charge in [0.15, 0.2) is 0 Å². The van der Waals surface area contributed by atoms with Crippen LogP contribution in [-0.4, -0.2) is 103 Å². The van der Waals surface area contributed by atoms with Gasteiger partial charge < -0.3 is 26.2 Å². The van der Waals surface area contributed by atoms with Crippen LogP contribution in [0.15, 0.2) is 9.98 Å². The molecule has 0 spiro atoms. The monoisotopic (exact) mass is 657 g/mol. The Morgan fingerprint density at radius 3 is 2.13 bits per heavy atom. The normalized spacial score (nSPS) is 22.7. The molecule has 3 aliphatic rings. The summed E-state index contributed by atoms with van der Waals surface area (Å²) in [6, 6.07) is -3.75. The van der Waals surface area contributed by atoms with Crippen LogP contribution in [0, 0.1) is 17.3 Å². The Kier molecular flexibility index (Phi) is 13.6. The molecule has 0 bridgehead atoms. The molecule has 0 aromatic heterocycles. The van der Waals surface area contributed by atoms with Crippen molar-refractivity contribution in [3.8, 4) is 0 Å². The van der Waals surface area contributed by atoms with Gasteiger partial charge in [0.1, 0.15) is 23.8 Å². The Hall–Kier alpha value is -3.64. The molecule has 0 unspecified atom stereocenters. The van der Waals surface area contributed by atoms with Crippen molar-refractivity contribution < 1.29 is 28.8 Å². The Morgan fingerprint density at radius 2 is 1.57 bits per heavy atom. The number of hydrogen-bond donors (Lipinski definition) is 4. The van der Waals surface area contributed by atoms with Gasteiger partial charge in [-0.1, -0.05) is 60.3 Å². The molecular formula is C34H55N7O6. The van der Waals surface area contributed by atoms with Gasteiger partial charge >= 0.3 is 0 Å². The average molecular weight is 658 g/mol. The predicted octanol–water partition coefficient (Wildman–Crippen LogP) is 1.72. The second-order valence-corrected chi connectivity index (χ2v) is 14.5. The molecule has 3 rings (SSSR count). The lowest BCUT2D eigenvalue weighted by atomic mass is 9.82. The summed E-state index contributed by atoms with van der Waals surface area (Å²) in [5.41, 5.74) is -0.651. The fourth-order valence-corrected chi connectivity index (χ4v) is 6.47. The highest BCUT2D eigenvalue weighted by atomic mass is 16.2. The van der Waals surface area contributed by atoms with Gasteiger partial charge in [-0.25, -0.2) is 0 Å². The number of amides is 5. The van der Waals surface area contributed by atoms with Crippen LogP contribution in [0.2, 0.25) is 0 Å². The number of Topliss-reactive ketones (excluding diaryl/α,β-unsaturated/α-hetero) is 1. The standard InChI is InChI=1S/C34H55N7O6/c1-8-12-23(27(42)32(46)37-22-15-16-22)38-30(44)25-17-20(2)19-41(25)33(47)28(34(3,4)5)40-31(45)26(21-13-10-9-11-14-21)39-29(43)24(36-7)18-35-6/h18,20-23,25-26,28H,8-17,19H2,1-7H3,(H,37,46)(H,38,44)(H,39,43)(H,40,45)/t20-,23+,25+,26+,28-/m1/s1. The van der Waals surface area contributed by atoms with E-state index in [4.69, 9.17) is 0 Å². The summed E-state index contributed by atoms with van der Waals surface area (Å²) in [7, 11) is 3.01. The lowest BCUT2D eigenvalue weighted by Crippen LogP contribution is -2.62. The minimum Gasteiger partial charge on any atom is -0.347 e. The summed E-state index contributed by atoms with van der Waals surface area (Å²) in [5, 5.41) is 11.3.